The quantitative estimate of drug-likeness (QED) is 0.326. The molecule has 0 amide bonds. The minimum atomic E-state index is -0.424. The number of rotatable bonds is 9. The molecule has 0 radical (unpaired) electrons. The summed E-state index contributed by atoms with van der Waals surface area (Å²) in [5, 5.41) is 1.19. The molecule has 0 spiro atoms. The highest BCUT2D eigenvalue weighted by molar-refractivity contribution is 9.09. The SMILES string of the molecule is CC(C)(C)OC(=O)CCCCCOC(=O)C(CBr)CBr. The van der Waals surface area contributed by atoms with Crippen LogP contribution in [0.5, 0.6) is 0 Å². The molecule has 0 saturated heterocycles. The number of hydrogen-bond donors (Lipinski definition) is 0. The Morgan fingerprint density at radius 2 is 1.65 bits per heavy atom. The summed E-state index contributed by atoms with van der Waals surface area (Å²) >= 11 is 6.54. The van der Waals surface area contributed by atoms with Crippen molar-refractivity contribution in [1.82, 2.24) is 0 Å². The first-order chi connectivity index (χ1) is 9.30. The number of hydrogen-bond acceptors (Lipinski definition) is 4. The van der Waals surface area contributed by atoms with Gasteiger partial charge >= 0.3 is 11.9 Å². The molecule has 0 saturated carbocycles. The molecule has 0 bridgehead atoms. The number of carbonyl (C=O) groups excluding carboxylic acids is 2. The van der Waals surface area contributed by atoms with Gasteiger partial charge in [0.15, 0.2) is 0 Å². The van der Waals surface area contributed by atoms with Gasteiger partial charge in [-0.2, -0.15) is 0 Å². The molecule has 118 valence electrons. The number of esters is 2. The van der Waals surface area contributed by atoms with Crippen molar-refractivity contribution in [3.05, 3.63) is 0 Å². The second-order valence-corrected chi connectivity index (χ2v) is 6.87. The zero-order chi connectivity index (χ0) is 15.6. The van der Waals surface area contributed by atoms with Gasteiger partial charge in [0.1, 0.15) is 5.60 Å². The fraction of sp³-hybridized carbons (Fsp3) is 0.857. The highest BCUT2D eigenvalue weighted by Crippen LogP contribution is 2.11. The summed E-state index contributed by atoms with van der Waals surface area (Å²) in [5.41, 5.74) is -0.424. The van der Waals surface area contributed by atoms with E-state index >= 15 is 0 Å². The maximum Gasteiger partial charge on any atom is 0.310 e. The van der Waals surface area contributed by atoms with Crippen molar-refractivity contribution in [2.45, 2.75) is 52.1 Å². The summed E-state index contributed by atoms with van der Waals surface area (Å²) in [5.74, 6) is -0.504. The van der Waals surface area contributed by atoms with Gasteiger partial charge in [0, 0.05) is 17.1 Å². The minimum absolute atomic E-state index is 0.142. The third-order valence-corrected chi connectivity index (χ3v) is 3.96. The Balaban J connectivity index is 3.59. The topological polar surface area (TPSA) is 52.6 Å². The minimum Gasteiger partial charge on any atom is -0.465 e. The molecule has 4 nitrogen and oxygen atoms in total. The number of unbranched alkanes of at least 4 members (excludes halogenated alkanes) is 2. The normalized spacial score (nSPS) is 11.5. The van der Waals surface area contributed by atoms with Crippen molar-refractivity contribution in [2.24, 2.45) is 5.92 Å². The van der Waals surface area contributed by atoms with Gasteiger partial charge < -0.3 is 9.47 Å². The fourth-order valence-corrected chi connectivity index (χ4v) is 3.00. The highest BCUT2D eigenvalue weighted by Gasteiger charge is 2.17. The van der Waals surface area contributed by atoms with Crippen molar-refractivity contribution in [1.29, 1.82) is 0 Å². The van der Waals surface area contributed by atoms with Gasteiger partial charge in [-0.15, -0.1) is 0 Å². The molecular formula is C14H24Br2O4. The van der Waals surface area contributed by atoms with Crippen LogP contribution >= 0.6 is 31.9 Å². The predicted molar refractivity (Wildman–Crippen MR) is 86.4 cm³/mol. The van der Waals surface area contributed by atoms with Crippen LogP contribution in [0.2, 0.25) is 0 Å². The third-order valence-electron chi connectivity index (χ3n) is 2.40. The van der Waals surface area contributed by atoms with E-state index in [2.05, 4.69) is 31.9 Å². The fourth-order valence-electron chi connectivity index (χ4n) is 1.40. The molecule has 0 aromatic carbocycles. The first-order valence-corrected chi connectivity index (χ1v) is 9.05. The first kappa shape index (κ1) is 19.9. The molecule has 0 heterocycles. The van der Waals surface area contributed by atoms with Crippen LogP contribution in [-0.4, -0.2) is 34.8 Å². The first-order valence-electron chi connectivity index (χ1n) is 6.80. The van der Waals surface area contributed by atoms with Crippen LogP contribution in [0.25, 0.3) is 0 Å². The highest BCUT2D eigenvalue weighted by atomic mass is 79.9. The molecule has 6 heteroatoms. The largest absolute Gasteiger partial charge is 0.465 e. The van der Waals surface area contributed by atoms with E-state index in [4.69, 9.17) is 9.47 Å². The van der Waals surface area contributed by atoms with Crippen molar-refractivity contribution in [3.63, 3.8) is 0 Å². The Morgan fingerprint density at radius 3 is 2.15 bits per heavy atom. The third kappa shape index (κ3) is 10.7. The summed E-state index contributed by atoms with van der Waals surface area (Å²) in [7, 11) is 0. The van der Waals surface area contributed by atoms with E-state index in [0.717, 1.165) is 19.3 Å². The van der Waals surface area contributed by atoms with Gasteiger partial charge in [-0.3, -0.25) is 9.59 Å². The number of halogens is 2. The van der Waals surface area contributed by atoms with Crippen molar-refractivity contribution in [3.8, 4) is 0 Å². The van der Waals surface area contributed by atoms with Crippen LogP contribution in [0.4, 0.5) is 0 Å². The molecule has 0 aliphatic carbocycles. The van der Waals surface area contributed by atoms with Crippen LogP contribution in [0.1, 0.15) is 46.5 Å². The van der Waals surface area contributed by atoms with Gasteiger partial charge in [0.25, 0.3) is 0 Å². The van der Waals surface area contributed by atoms with E-state index in [1.807, 2.05) is 20.8 Å². The van der Waals surface area contributed by atoms with Crippen molar-refractivity contribution in [2.75, 3.05) is 17.3 Å². The van der Waals surface area contributed by atoms with Gasteiger partial charge in [-0.25, -0.2) is 0 Å². The van der Waals surface area contributed by atoms with Gasteiger partial charge in [0.05, 0.1) is 12.5 Å². The van der Waals surface area contributed by atoms with E-state index in [1.54, 1.807) is 0 Å². The van der Waals surface area contributed by atoms with Crippen molar-refractivity contribution >= 4 is 43.8 Å². The summed E-state index contributed by atoms with van der Waals surface area (Å²) < 4.78 is 10.4. The van der Waals surface area contributed by atoms with E-state index in [1.165, 1.54) is 0 Å². The van der Waals surface area contributed by atoms with E-state index in [9.17, 15) is 9.59 Å². The standard InChI is InChI=1S/C14H24Br2O4/c1-14(2,3)20-12(17)7-5-4-6-8-19-13(18)11(9-15)10-16/h11H,4-10H2,1-3H3. The maximum atomic E-state index is 11.5. The predicted octanol–water partition coefficient (Wildman–Crippen LogP) is 3.84. The summed E-state index contributed by atoms with van der Waals surface area (Å²) in [6.07, 6.45) is 2.79. The Morgan fingerprint density at radius 1 is 1.05 bits per heavy atom. The molecule has 0 fully saturated rings. The summed E-state index contributed by atoms with van der Waals surface area (Å²) in [6.45, 7) is 5.97. The van der Waals surface area contributed by atoms with Crippen LogP contribution < -0.4 is 0 Å². The lowest BCUT2D eigenvalue weighted by atomic mass is 10.1. The Labute approximate surface area is 138 Å². The molecule has 0 N–H and O–H groups in total. The summed E-state index contributed by atoms with van der Waals surface area (Å²) in [4.78, 5) is 23.0. The van der Waals surface area contributed by atoms with E-state index < -0.39 is 5.60 Å². The number of ether oxygens (including phenoxy) is 2. The lowest BCUT2D eigenvalue weighted by molar-refractivity contribution is -0.155. The Hall–Kier alpha value is -0.100. The zero-order valence-corrected chi connectivity index (χ0v) is 15.6. The lowest BCUT2D eigenvalue weighted by Gasteiger charge is -2.19. The zero-order valence-electron chi connectivity index (χ0n) is 12.4. The molecule has 0 unspecified atom stereocenters. The second kappa shape index (κ2) is 10.6. The Kier molecular flexibility index (Phi) is 10.5. The smallest absolute Gasteiger partial charge is 0.310 e. The molecular weight excluding hydrogens is 392 g/mol. The number of carbonyl (C=O) groups is 2. The van der Waals surface area contributed by atoms with E-state index in [0.29, 0.717) is 23.7 Å². The van der Waals surface area contributed by atoms with Crippen LogP contribution in [0, 0.1) is 5.92 Å². The molecule has 0 aromatic heterocycles. The second-order valence-electron chi connectivity index (χ2n) is 5.57. The molecule has 20 heavy (non-hydrogen) atoms. The average Bonchev–Trinajstić information content (AvgIpc) is 2.32. The maximum absolute atomic E-state index is 11.5. The lowest BCUT2D eigenvalue weighted by Crippen LogP contribution is -2.23. The van der Waals surface area contributed by atoms with Crippen LogP contribution in [-0.2, 0) is 19.1 Å². The monoisotopic (exact) mass is 414 g/mol. The molecule has 0 rings (SSSR count). The van der Waals surface area contributed by atoms with Crippen molar-refractivity contribution < 1.29 is 19.1 Å². The number of alkyl halides is 2. The molecule has 0 aromatic rings. The van der Waals surface area contributed by atoms with E-state index in [-0.39, 0.29) is 17.9 Å². The van der Waals surface area contributed by atoms with Crippen LogP contribution in [0.15, 0.2) is 0 Å². The molecule has 0 aliphatic heterocycles. The summed E-state index contributed by atoms with van der Waals surface area (Å²) in [6, 6.07) is 0. The average molecular weight is 416 g/mol. The molecule has 0 atom stereocenters. The Bertz CT molecular complexity index is 296. The van der Waals surface area contributed by atoms with Gasteiger partial charge in [-0.1, -0.05) is 31.9 Å². The van der Waals surface area contributed by atoms with Gasteiger partial charge in [0.2, 0.25) is 0 Å². The molecule has 0 aliphatic rings. The van der Waals surface area contributed by atoms with Crippen LogP contribution in [0.3, 0.4) is 0 Å². The van der Waals surface area contributed by atoms with Gasteiger partial charge in [-0.05, 0) is 40.0 Å².